The van der Waals surface area contributed by atoms with Gasteiger partial charge in [-0.3, -0.25) is 9.69 Å². The molecule has 0 saturated carbocycles. The van der Waals surface area contributed by atoms with Crippen molar-refractivity contribution in [1.29, 1.82) is 0 Å². The van der Waals surface area contributed by atoms with Gasteiger partial charge in [-0.2, -0.15) is 0 Å². The summed E-state index contributed by atoms with van der Waals surface area (Å²) < 4.78 is 7.46. The number of anilines is 1. The molecule has 0 radical (unpaired) electrons. The number of hydrogen-bond acceptors (Lipinski definition) is 4. The molecule has 1 fully saturated rings. The van der Waals surface area contributed by atoms with Crippen LogP contribution in [0.5, 0.6) is 5.75 Å². The molecule has 1 aliphatic rings. The number of rotatable bonds is 5. The summed E-state index contributed by atoms with van der Waals surface area (Å²) in [7, 11) is 0. The SMILES string of the molecule is CCC(C)Oc1ccccc1/C=C1\SC(=S)N(c2ccc(Br)cc2)C1=O. The summed E-state index contributed by atoms with van der Waals surface area (Å²) >= 11 is 10.1. The lowest BCUT2D eigenvalue weighted by molar-refractivity contribution is -0.113. The first kappa shape index (κ1) is 19.1. The summed E-state index contributed by atoms with van der Waals surface area (Å²) in [6.45, 7) is 4.11. The van der Waals surface area contributed by atoms with Crippen molar-refractivity contribution in [1.82, 2.24) is 0 Å². The Bertz CT molecular complexity index is 864. The van der Waals surface area contributed by atoms with Crippen LogP contribution in [0.25, 0.3) is 6.08 Å². The van der Waals surface area contributed by atoms with Gasteiger partial charge >= 0.3 is 0 Å². The highest BCUT2D eigenvalue weighted by atomic mass is 79.9. The quantitative estimate of drug-likeness (QED) is 0.413. The van der Waals surface area contributed by atoms with Crippen molar-refractivity contribution in [2.75, 3.05) is 4.90 Å². The summed E-state index contributed by atoms with van der Waals surface area (Å²) in [5, 5.41) is 0. The lowest BCUT2D eigenvalue weighted by atomic mass is 10.1. The number of benzene rings is 2. The highest BCUT2D eigenvalue weighted by Crippen LogP contribution is 2.37. The Morgan fingerprint density at radius 3 is 2.62 bits per heavy atom. The molecule has 3 rings (SSSR count). The van der Waals surface area contributed by atoms with Gasteiger partial charge in [-0.1, -0.05) is 65.0 Å². The van der Waals surface area contributed by atoms with E-state index in [1.54, 1.807) is 4.90 Å². The molecule has 6 heteroatoms. The molecule has 2 aromatic rings. The van der Waals surface area contributed by atoms with Crippen LogP contribution in [0.1, 0.15) is 25.8 Å². The zero-order valence-corrected chi connectivity index (χ0v) is 17.7. The number of nitrogens with zero attached hydrogens (tertiary/aromatic N) is 1. The molecule has 0 bridgehead atoms. The summed E-state index contributed by atoms with van der Waals surface area (Å²) in [6, 6.07) is 15.3. The van der Waals surface area contributed by atoms with Crippen LogP contribution < -0.4 is 9.64 Å². The number of ether oxygens (including phenoxy) is 1. The number of carbonyl (C=O) groups is 1. The largest absolute Gasteiger partial charge is 0.490 e. The van der Waals surface area contributed by atoms with Gasteiger partial charge in [0.1, 0.15) is 5.75 Å². The van der Waals surface area contributed by atoms with Crippen LogP contribution in [-0.2, 0) is 4.79 Å². The zero-order valence-electron chi connectivity index (χ0n) is 14.4. The van der Waals surface area contributed by atoms with E-state index in [4.69, 9.17) is 17.0 Å². The Kier molecular flexibility index (Phi) is 6.16. The fraction of sp³-hybridized carbons (Fsp3) is 0.200. The average Bonchev–Trinajstić information content (AvgIpc) is 2.91. The standard InChI is InChI=1S/C20H18BrNO2S2/c1-3-13(2)24-17-7-5-4-6-14(17)12-18-19(23)22(20(25)26-18)16-10-8-15(21)9-11-16/h4-13H,3H2,1-2H3/b18-12-. The van der Waals surface area contributed by atoms with Crippen LogP contribution in [0.4, 0.5) is 5.69 Å². The Labute approximate surface area is 171 Å². The Hall–Kier alpha value is -1.63. The van der Waals surface area contributed by atoms with Crippen molar-refractivity contribution in [2.45, 2.75) is 26.4 Å². The summed E-state index contributed by atoms with van der Waals surface area (Å²) in [4.78, 5) is 15.1. The van der Waals surface area contributed by atoms with Gasteiger partial charge in [0.15, 0.2) is 4.32 Å². The number of para-hydroxylation sites is 1. The number of thioether (sulfide) groups is 1. The second kappa shape index (κ2) is 8.37. The Balaban J connectivity index is 1.90. The van der Waals surface area contributed by atoms with Gasteiger partial charge in [0.25, 0.3) is 5.91 Å². The van der Waals surface area contributed by atoms with Crippen LogP contribution in [0.2, 0.25) is 0 Å². The molecule has 0 aliphatic carbocycles. The maximum atomic E-state index is 12.9. The van der Waals surface area contributed by atoms with E-state index in [1.807, 2.05) is 61.5 Å². The third-order valence-electron chi connectivity index (χ3n) is 3.99. The van der Waals surface area contributed by atoms with Gasteiger partial charge in [0.05, 0.1) is 16.7 Å². The van der Waals surface area contributed by atoms with Gasteiger partial charge in [0, 0.05) is 10.0 Å². The molecule has 0 aromatic heterocycles. The number of hydrogen-bond donors (Lipinski definition) is 0. The minimum atomic E-state index is -0.110. The van der Waals surface area contributed by atoms with E-state index >= 15 is 0 Å². The lowest BCUT2D eigenvalue weighted by Crippen LogP contribution is -2.27. The number of amides is 1. The minimum absolute atomic E-state index is 0.110. The smallest absolute Gasteiger partial charge is 0.270 e. The average molecular weight is 448 g/mol. The summed E-state index contributed by atoms with van der Waals surface area (Å²) in [5.74, 6) is 0.663. The van der Waals surface area contributed by atoms with E-state index in [9.17, 15) is 4.79 Å². The van der Waals surface area contributed by atoms with Crippen molar-refractivity contribution < 1.29 is 9.53 Å². The molecular weight excluding hydrogens is 430 g/mol. The maximum absolute atomic E-state index is 12.9. The lowest BCUT2D eigenvalue weighted by Gasteiger charge is -2.15. The number of thiocarbonyl (C=S) groups is 1. The number of carbonyl (C=O) groups excluding carboxylic acids is 1. The van der Waals surface area contributed by atoms with E-state index in [1.165, 1.54) is 11.8 Å². The van der Waals surface area contributed by atoms with Gasteiger partial charge < -0.3 is 4.74 Å². The molecule has 1 heterocycles. The van der Waals surface area contributed by atoms with Crippen molar-refractivity contribution in [3.63, 3.8) is 0 Å². The van der Waals surface area contributed by atoms with E-state index in [0.29, 0.717) is 9.23 Å². The normalized spacial score (nSPS) is 17.0. The molecule has 1 atom stereocenters. The molecule has 1 amide bonds. The second-order valence-electron chi connectivity index (χ2n) is 5.87. The first-order valence-corrected chi connectivity index (χ1v) is 10.3. The van der Waals surface area contributed by atoms with Crippen LogP contribution >= 0.6 is 39.9 Å². The monoisotopic (exact) mass is 447 g/mol. The second-order valence-corrected chi connectivity index (χ2v) is 8.46. The molecule has 1 unspecified atom stereocenters. The van der Waals surface area contributed by atoms with E-state index in [-0.39, 0.29) is 12.0 Å². The molecule has 2 aromatic carbocycles. The molecule has 0 N–H and O–H groups in total. The van der Waals surface area contributed by atoms with E-state index in [0.717, 1.165) is 27.9 Å². The topological polar surface area (TPSA) is 29.5 Å². The highest BCUT2D eigenvalue weighted by molar-refractivity contribution is 9.10. The molecule has 0 spiro atoms. The fourth-order valence-corrected chi connectivity index (χ4v) is 3.98. The van der Waals surface area contributed by atoms with Gasteiger partial charge in [0.2, 0.25) is 0 Å². The van der Waals surface area contributed by atoms with E-state index < -0.39 is 0 Å². The first-order valence-electron chi connectivity index (χ1n) is 8.28. The van der Waals surface area contributed by atoms with Gasteiger partial charge in [-0.15, -0.1) is 0 Å². The minimum Gasteiger partial charge on any atom is -0.490 e. The van der Waals surface area contributed by atoms with Crippen molar-refractivity contribution in [3.05, 3.63) is 63.5 Å². The summed E-state index contributed by atoms with van der Waals surface area (Å²) in [5.41, 5.74) is 1.65. The zero-order chi connectivity index (χ0) is 18.7. The fourth-order valence-electron chi connectivity index (χ4n) is 2.43. The van der Waals surface area contributed by atoms with Crippen LogP contribution in [0, 0.1) is 0 Å². The van der Waals surface area contributed by atoms with Crippen LogP contribution in [-0.4, -0.2) is 16.3 Å². The van der Waals surface area contributed by atoms with Crippen molar-refractivity contribution >= 4 is 61.9 Å². The van der Waals surface area contributed by atoms with Crippen LogP contribution in [0.15, 0.2) is 57.9 Å². The molecule has 134 valence electrons. The molecule has 3 nitrogen and oxygen atoms in total. The van der Waals surface area contributed by atoms with Gasteiger partial charge in [-0.25, -0.2) is 0 Å². The number of halogens is 1. The van der Waals surface area contributed by atoms with Crippen molar-refractivity contribution in [3.8, 4) is 5.75 Å². The van der Waals surface area contributed by atoms with Crippen molar-refractivity contribution in [2.24, 2.45) is 0 Å². The summed E-state index contributed by atoms with van der Waals surface area (Å²) in [6.07, 6.45) is 2.89. The first-order chi connectivity index (χ1) is 12.5. The molecular formula is C20H18BrNO2S2. The Morgan fingerprint density at radius 1 is 1.23 bits per heavy atom. The molecule has 1 aliphatic heterocycles. The van der Waals surface area contributed by atoms with Gasteiger partial charge in [-0.05, 0) is 49.8 Å². The molecule has 26 heavy (non-hydrogen) atoms. The predicted molar refractivity (Wildman–Crippen MR) is 117 cm³/mol. The third kappa shape index (κ3) is 4.19. The third-order valence-corrected chi connectivity index (χ3v) is 5.82. The van der Waals surface area contributed by atoms with Crippen LogP contribution in [0.3, 0.4) is 0 Å². The Morgan fingerprint density at radius 2 is 1.92 bits per heavy atom. The predicted octanol–water partition coefficient (Wildman–Crippen LogP) is 6.03. The maximum Gasteiger partial charge on any atom is 0.270 e. The highest BCUT2D eigenvalue weighted by Gasteiger charge is 2.33. The molecule has 1 saturated heterocycles. The van der Waals surface area contributed by atoms with E-state index in [2.05, 4.69) is 22.9 Å².